The Balaban J connectivity index is 1.63. The molecule has 0 aliphatic carbocycles. The molecule has 2 unspecified atom stereocenters. The van der Waals surface area contributed by atoms with E-state index >= 15 is 0 Å². The van der Waals surface area contributed by atoms with Gasteiger partial charge in [-0.15, -0.1) is 0 Å². The second kappa shape index (κ2) is 7.36. The molecule has 0 saturated carbocycles. The second-order valence-electron chi connectivity index (χ2n) is 5.97. The summed E-state index contributed by atoms with van der Waals surface area (Å²) in [5.74, 6) is 0.105. The maximum atomic E-state index is 12.4. The number of fused-ring (bicyclic) bond motifs is 1. The van der Waals surface area contributed by atoms with E-state index in [1.165, 1.54) is 4.90 Å². The van der Waals surface area contributed by atoms with Gasteiger partial charge in [0.1, 0.15) is 12.3 Å². The normalized spacial score (nSPS) is 17.4. The van der Waals surface area contributed by atoms with Crippen LogP contribution in [-0.4, -0.2) is 31.0 Å². The number of hydrogen-bond donors (Lipinski definition) is 2. The Morgan fingerprint density at radius 1 is 1.20 bits per heavy atom. The van der Waals surface area contributed by atoms with Crippen LogP contribution in [0.2, 0.25) is 0 Å². The summed E-state index contributed by atoms with van der Waals surface area (Å²) >= 11 is 0. The summed E-state index contributed by atoms with van der Waals surface area (Å²) in [6, 6.07) is 16.5. The third-order valence-corrected chi connectivity index (χ3v) is 4.12. The number of rotatable bonds is 5. The maximum absolute atomic E-state index is 12.4. The second-order valence-corrected chi connectivity index (χ2v) is 5.97. The number of carbonyl (C=O) groups excluding carboxylic acids is 2. The average Bonchev–Trinajstić information content (AvgIpc) is 2.64. The third kappa shape index (κ3) is 3.80. The van der Waals surface area contributed by atoms with Gasteiger partial charge in [0.25, 0.3) is 5.91 Å². The molecule has 3 rings (SSSR count). The fourth-order valence-electron chi connectivity index (χ4n) is 2.76. The number of para-hydroxylation sites is 2. The molecule has 130 valence electrons. The van der Waals surface area contributed by atoms with Crippen molar-refractivity contribution < 1.29 is 14.3 Å². The van der Waals surface area contributed by atoms with E-state index in [-0.39, 0.29) is 24.4 Å². The quantitative estimate of drug-likeness (QED) is 0.867. The number of benzene rings is 2. The van der Waals surface area contributed by atoms with E-state index in [0.717, 1.165) is 5.56 Å². The lowest BCUT2D eigenvalue weighted by atomic mass is 10.1. The van der Waals surface area contributed by atoms with Crippen LogP contribution in [-0.2, 0) is 9.59 Å². The van der Waals surface area contributed by atoms with Crippen molar-refractivity contribution in [2.75, 3.05) is 18.0 Å². The van der Waals surface area contributed by atoms with Crippen LogP contribution < -0.4 is 20.7 Å². The highest BCUT2D eigenvalue weighted by atomic mass is 16.5. The zero-order valence-electron chi connectivity index (χ0n) is 14.0. The molecular formula is C19H21N3O3. The third-order valence-electron chi connectivity index (χ3n) is 4.12. The van der Waals surface area contributed by atoms with Crippen molar-refractivity contribution in [2.45, 2.75) is 19.1 Å². The zero-order chi connectivity index (χ0) is 17.8. The number of anilines is 1. The van der Waals surface area contributed by atoms with Gasteiger partial charge in [-0.1, -0.05) is 42.5 Å². The molecular weight excluding hydrogens is 318 g/mol. The first-order chi connectivity index (χ1) is 12.1. The molecule has 0 aromatic heterocycles. The monoisotopic (exact) mass is 339 g/mol. The molecule has 0 saturated heterocycles. The Hall–Kier alpha value is -2.86. The van der Waals surface area contributed by atoms with E-state index in [0.29, 0.717) is 18.0 Å². The number of ether oxygens (including phenoxy) is 1. The van der Waals surface area contributed by atoms with Gasteiger partial charge in [-0.05, 0) is 24.6 Å². The Morgan fingerprint density at radius 3 is 2.64 bits per heavy atom. The van der Waals surface area contributed by atoms with Gasteiger partial charge < -0.3 is 15.8 Å². The van der Waals surface area contributed by atoms with Gasteiger partial charge in [0.15, 0.2) is 6.10 Å². The number of hydrogen-bond acceptors (Lipinski definition) is 4. The van der Waals surface area contributed by atoms with Crippen molar-refractivity contribution in [3.63, 3.8) is 0 Å². The topological polar surface area (TPSA) is 84.7 Å². The molecule has 3 N–H and O–H groups in total. The highest BCUT2D eigenvalue weighted by Crippen LogP contribution is 2.33. The van der Waals surface area contributed by atoms with Crippen LogP contribution in [0.3, 0.4) is 0 Å². The minimum absolute atomic E-state index is 0.0644. The van der Waals surface area contributed by atoms with Gasteiger partial charge in [-0.25, -0.2) is 0 Å². The van der Waals surface area contributed by atoms with Crippen molar-refractivity contribution in [2.24, 2.45) is 5.73 Å². The number of amides is 2. The molecule has 1 aliphatic heterocycles. The van der Waals surface area contributed by atoms with Crippen LogP contribution in [0.4, 0.5) is 5.69 Å². The first-order valence-electron chi connectivity index (χ1n) is 8.20. The molecule has 1 aliphatic rings. The van der Waals surface area contributed by atoms with Crippen LogP contribution in [0, 0.1) is 0 Å². The lowest BCUT2D eigenvalue weighted by molar-refractivity contribution is -0.128. The molecule has 2 atom stereocenters. The smallest absolute Gasteiger partial charge is 0.268 e. The van der Waals surface area contributed by atoms with Gasteiger partial charge in [-0.3, -0.25) is 14.5 Å². The van der Waals surface area contributed by atoms with Crippen molar-refractivity contribution in [1.29, 1.82) is 0 Å². The molecule has 0 radical (unpaired) electrons. The molecule has 2 aromatic rings. The van der Waals surface area contributed by atoms with Gasteiger partial charge >= 0.3 is 0 Å². The molecule has 2 amide bonds. The van der Waals surface area contributed by atoms with Gasteiger partial charge in [0.2, 0.25) is 5.91 Å². The van der Waals surface area contributed by atoms with Crippen LogP contribution in [0.1, 0.15) is 18.5 Å². The predicted molar refractivity (Wildman–Crippen MR) is 95.3 cm³/mol. The molecule has 0 spiro atoms. The van der Waals surface area contributed by atoms with Crippen molar-refractivity contribution in [3.8, 4) is 5.75 Å². The van der Waals surface area contributed by atoms with E-state index < -0.39 is 6.10 Å². The number of carbonyl (C=O) groups is 2. The van der Waals surface area contributed by atoms with Gasteiger partial charge in [-0.2, -0.15) is 0 Å². The van der Waals surface area contributed by atoms with E-state index in [2.05, 4.69) is 5.32 Å². The van der Waals surface area contributed by atoms with Crippen LogP contribution >= 0.6 is 0 Å². The van der Waals surface area contributed by atoms with Crippen molar-refractivity contribution in [1.82, 2.24) is 5.32 Å². The van der Waals surface area contributed by atoms with Crippen LogP contribution in [0.5, 0.6) is 5.75 Å². The SMILES string of the molecule is CC1Oc2ccccc2N(CC(=O)NCC(N)c2ccccc2)C1=O. The van der Waals surface area contributed by atoms with Crippen molar-refractivity contribution >= 4 is 17.5 Å². The molecule has 6 nitrogen and oxygen atoms in total. The lowest BCUT2D eigenvalue weighted by Gasteiger charge is -2.32. The van der Waals surface area contributed by atoms with E-state index in [1.54, 1.807) is 19.1 Å². The zero-order valence-corrected chi connectivity index (χ0v) is 14.0. The molecule has 0 bridgehead atoms. The summed E-state index contributed by atoms with van der Waals surface area (Å²) in [5.41, 5.74) is 7.64. The van der Waals surface area contributed by atoms with Gasteiger partial charge in [0, 0.05) is 12.6 Å². The van der Waals surface area contributed by atoms with E-state index in [4.69, 9.17) is 10.5 Å². The Labute approximate surface area is 146 Å². The Bertz CT molecular complexity index is 764. The van der Waals surface area contributed by atoms with Crippen LogP contribution in [0.15, 0.2) is 54.6 Å². The summed E-state index contributed by atoms with van der Waals surface area (Å²) in [7, 11) is 0. The Kier molecular flexibility index (Phi) is 5.00. The highest BCUT2D eigenvalue weighted by Gasteiger charge is 2.32. The molecule has 1 heterocycles. The fraction of sp³-hybridized carbons (Fsp3) is 0.263. The molecule has 6 heteroatoms. The molecule has 25 heavy (non-hydrogen) atoms. The summed E-state index contributed by atoms with van der Waals surface area (Å²) in [6.45, 7) is 1.91. The summed E-state index contributed by atoms with van der Waals surface area (Å²) in [5, 5.41) is 2.80. The van der Waals surface area contributed by atoms with Crippen molar-refractivity contribution in [3.05, 3.63) is 60.2 Å². The van der Waals surface area contributed by atoms with E-state index in [9.17, 15) is 9.59 Å². The fourth-order valence-corrected chi connectivity index (χ4v) is 2.76. The first kappa shape index (κ1) is 17.0. The summed E-state index contributed by atoms with van der Waals surface area (Å²) in [6.07, 6.45) is -0.616. The number of nitrogens with one attached hydrogen (secondary N) is 1. The van der Waals surface area contributed by atoms with Gasteiger partial charge in [0.05, 0.1) is 5.69 Å². The largest absolute Gasteiger partial charge is 0.479 e. The minimum Gasteiger partial charge on any atom is -0.479 e. The molecule has 2 aromatic carbocycles. The van der Waals surface area contributed by atoms with Crippen LogP contribution in [0.25, 0.3) is 0 Å². The summed E-state index contributed by atoms with van der Waals surface area (Å²) in [4.78, 5) is 26.1. The standard InChI is InChI=1S/C19H21N3O3/c1-13-19(24)22(16-9-5-6-10-17(16)25-13)12-18(23)21-11-15(20)14-7-3-2-4-8-14/h2-10,13,15H,11-12,20H2,1H3,(H,21,23). The number of nitrogens with zero attached hydrogens (tertiary/aromatic N) is 1. The average molecular weight is 339 g/mol. The number of nitrogens with two attached hydrogens (primary N) is 1. The minimum atomic E-state index is -0.616. The highest BCUT2D eigenvalue weighted by molar-refractivity contribution is 6.03. The Morgan fingerprint density at radius 2 is 1.88 bits per heavy atom. The predicted octanol–water partition coefficient (Wildman–Crippen LogP) is 1.62. The summed E-state index contributed by atoms with van der Waals surface area (Å²) < 4.78 is 5.57. The lowest BCUT2D eigenvalue weighted by Crippen LogP contribution is -2.49. The first-order valence-corrected chi connectivity index (χ1v) is 8.20. The maximum Gasteiger partial charge on any atom is 0.268 e. The molecule has 0 fully saturated rings. The van der Waals surface area contributed by atoms with E-state index in [1.807, 2.05) is 42.5 Å².